The van der Waals surface area contributed by atoms with Crippen molar-refractivity contribution in [3.8, 4) is 0 Å². The van der Waals surface area contributed by atoms with Gasteiger partial charge in [0.1, 0.15) is 0 Å². The Hall–Kier alpha value is -1.80. The number of hydrogen-bond acceptors (Lipinski definition) is 6. The lowest BCUT2D eigenvalue weighted by Gasteiger charge is -2.45. The fourth-order valence-electron chi connectivity index (χ4n) is 11.3. The maximum absolute atomic E-state index is 13.9. The quantitative estimate of drug-likeness (QED) is 0.286. The van der Waals surface area contributed by atoms with Crippen LogP contribution in [-0.4, -0.2) is 70.9 Å². The van der Waals surface area contributed by atoms with Gasteiger partial charge >= 0.3 is 0 Å². The molecule has 5 saturated carbocycles. The van der Waals surface area contributed by atoms with Crippen LogP contribution in [0.25, 0.3) is 0 Å². The molecular formula is C40H62N2O6. The number of rotatable bonds is 6. The van der Waals surface area contributed by atoms with Gasteiger partial charge in [0.25, 0.3) is 0 Å². The average Bonchev–Trinajstić information content (AvgIpc) is 3.45. The first-order valence-electron chi connectivity index (χ1n) is 19.9. The molecule has 9 unspecified atom stereocenters. The Morgan fingerprint density at radius 1 is 0.542 bits per heavy atom. The molecule has 0 N–H and O–H groups in total. The molecule has 2 saturated heterocycles. The van der Waals surface area contributed by atoms with Crippen molar-refractivity contribution in [3.63, 3.8) is 0 Å². The molecule has 0 aromatic rings. The second-order valence-electron chi connectivity index (χ2n) is 18.4. The van der Waals surface area contributed by atoms with Gasteiger partial charge in [0.05, 0.1) is 48.1 Å². The number of likely N-dealkylation sites (tertiary alicyclic amines) is 2. The van der Waals surface area contributed by atoms with Gasteiger partial charge in [0.2, 0.25) is 23.6 Å². The average molecular weight is 667 g/mol. The van der Waals surface area contributed by atoms with Crippen molar-refractivity contribution in [3.05, 3.63) is 0 Å². The lowest BCUT2D eigenvalue weighted by molar-refractivity contribution is -0.166. The predicted molar refractivity (Wildman–Crippen MR) is 182 cm³/mol. The van der Waals surface area contributed by atoms with E-state index in [1.807, 2.05) is 0 Å². The summed E-state index contributed by atoms with van der Waals surface area (Å²) in [5.41, 5.74) is 0.268. The van der Waals surface area contributed by atoms with Crippen LogP contribution < -0.4 is 0 Å². The Labute approximate surface area is 288 Å². The maximum atomic E-state index is 13.9. The monoisotopic (exact) mass is 666 g/mol. The number of carbonyl (C=O) groups excluding carboxylic acids is 4. The molecule has 2 heterocycles. The van der Waals surface area contributed by atoms with E-state index in [1.165, 1.54) is 24.2 Å². The Bertz CT molecular complexity index is 1230. The highest BCUT2D eigenvalue weighted by Crippen LogP contribution is 2.50. The van der Waals surface area contributed by atoms with Crippen molar-refractivity contribution < 1.29 is 28.7 Å². The van der Waals surface area contributed by atoms with Crippen LogP contribution in [0.2, 0.25) is 0 Å². The highest BCUT2D eigenvalue weighted by atomic mass is 16.6. The summed E-state index contributed by atoms with van der Waals surface area (Å²) in [6, 6.07) is -0.0186. The Balaban J connectivity index is 0.929. The van der Waals surface area contributed by atoms with E-state index in [2.05, 4.69) is 27.7 Å². The number of imide groups is 2. The van der Waals surface area contributed by atoms with Crippen molar-refractivity contribution >= 4 is 23.6 Å². The van der Waals surface area contributed by atoms with Crippen LogP contribution in [0.15, 0.2) is 0 Å². The normalized spacial score (nSPS) is 44.2. The molecule has 4 amide bonds. The van der Waals surface area contributed by atoms with E-state index in [0.717, 1.165) is 95.8 Å². The standard InChI is InChI=1S/C40H62N2O6/c1-23-6-13-28(14-7-23)48-35-22-26(40(2,3)4)10-19-34(35)47-29-15-11-27(12-16-29)42-38(45)31-18-9-25(21-33(31)39(42)46)24-8-17-30-32(20-24)37(44)41(5)36(30)43/h23-35H,6-22H2,1-5H3. The first-order chi connectivity index (χ1) is 22.9. The first kappa shape index (κ1) is 34.6. The van der Waals surface area contributed by atoms with Crippen molar-refractivity contribution in [2.75, 3.05) is 7.05 Å². The van der Waals surface area contributed by atoms with Crippen LogP contribution in [0.5, 0.6) is 0 Å². The molecule has 7 fully saturated rings. The molecule has 0 bridgehead atoms. The molecule has 2 aliphatic heterocycles. The molecule has 8 nitrogen and oxygen atoms in total. The van der Waals surface area contributed by atoms with Crippen molar-refractivity contribution in [1.29, 1.82) is 0 Å². The van der Waals surface area contributed by atoms with E-state index < -0.39 is 0 Å². The molecule has 0 radical (unpaired) electrons. The van der Waals surface area contributed by atoms with Gasteiger partial charge in [0, 0.05) is 13.1 Å². The van der Waals surface area contributed by atoms with E-state index in [-0.39, 0.29) is 77.1 Å². The van der Waals surface area contributed by atoms with Crippen molar-refractivity contribution in [2.45, 2.75) is 167 Å². The molecule has 7 rings (SSSR count). The number of amides is 4. The third-order valence-electron chi connectivity index (χ3n) is 14.5. The summed E-state index contributed by atoms with van der Waals surface area (Å²) in [4.78, 5) is 55.9. The predicted octanol–water partition coefficient (Wildman–Crippen LogP) is 6.93. The minimum Gasteiger partial charge on any atom is -0.372 e. The van der Waals surface area contributed by atoms with E-state index in [9.17, 15) is 19.2 Å². The Kier molecular flexibility index (Phi) is 9.91. The van der Waals surface area contributed by atoms with E-state index in [1.54, 1.807) is 11.9 Å². The van der Waals surface area contributed by atoms with Gasteiger partial charge < -0.3 is 9.47 Å². The van der Waals surface area contributed by atoms with Crippen LogP contribution in [0, 0.1) is 52.8 Å². The Morgan fingerprint density at radius 2 is 1.04 bits per heavy atom. The van der Waals surface area contributed by atoms with Crippen LogP contribution in [0.4, 0.5) is 0 Å². The van der Waals surface area contributed by atoms with Gasteiger partial charge in [-0.1, -0.05) is 27.7 Å². The molecule has 0 aromatic carbocycles. The minimum atomic E-state index is -0.217. The molecule has 268 valence electrons. The van der Waals surface area contributed by atoms with Crippen LogP contribution in [-0.2, 0) is 28.7 Å². The van der Waals surface area contributed by atoms with Gasteiger partial charge in [0.15, 0.2) is 0 Å². The molecule has 9 atom stereocenters. The molecule has 0 spiro atoms. The highest BCUT2D eigenvalue weighted by molar-refractivity contribution is 6.06. The van der Waals surface area contributed by atoms with Crippen LogP contribution in [0.3, 0.4) is 0 Å². The van der Waals surface area contributed by atoms with E-state index >= 15 is 0 Å². The molecule has 48 heavy (non-hydrogen) atoms. The number of nitrogens with zero attached hydrogens (tertiary/aromatic N) is 2. The molecular weight excluding hydrogens is 604 g/mol. The molecule has 0 aromatic heterocycles. The summed E-state index contributed by atoms with van der Waals surface area (Å²) < 4.78 is 13.8. The molecule has 7 aliphatic rings. The number of ether oxygens (including phenoxy) is 2. The summed E-state index contributed by atoms with van der Waals surface area (Å²) in [6.07, 6.45) is 17.3. The lowest BCUT2D eigenvalue weighted by atomic mass is 9.64. The third kappa shape index (κ3) is 6.67. The summed E-state index contributed by atoms with van der Waals surface area (Å²) in [5, 5.41) is 0. The zero-order valence-corrected chi connectivity index (χ0v) is 30.4. The van der Waals surface area contributed by atoms with E-state index in [4.69, 9.17) is 9.47 Å². The fourth-order valence-corrected chi connectivity index (χ4v) is 11.3. The van der Waals surface area contributed by atoms with Gasteiger partial charge in [-0.15, -0.1) is 0 Å². The zero-order chi connectivity index (χ0) is 33.9. The Morgan fingerprint density at radius 3 is 1.65 bits per heavy atom. The summed E-state index contributed by atoms with van der Waals surface area (Å²) in [6.45, 7) is 9.45. The van der Waals surface area contributed by atoms with Gasteiger partial charge in [-0.05, 0) is 138 Å². The van der Waals surface area contributed by atoms with E-state index in [0.29, 0.717) is 23.9 Å². The zero-order valence-electron chi connectivity index (χ0n) is 30.4. The smallest absolute Gasteiger partial charge is 0.233 e. The lowest BCUT2D eigenvalue weighted by Crippen LogP contribution is -2.47. The van der Waals surface area contributed by atoms with Crippen LogP contribution in [0.1, 0.15) is 137 Å². The largest absolute Gasteiger partial charge is 0.372 e. The summed E-state index contributed by atoms with van der Waals surface area (Å²) in [5.74, 6) is 1.47. The fraction of sp³-hybridized carbons (Fsp3) is 0.900. The SMILES string of the molecule is CC1CCC(OC2CC(C(C)(C)C)CCC2OC2CCC(N3C(=O)C4CCC(C5CCC6C(=O)N(C)C(=O)C6C5)CC4C3=O)CC2)CC1. The summed E-state index contributed by atoms with van der Waals surface area (Å²) in [7, 11) is 1.61. The first-order valence-corrected chi connectivity index (χ1v) is 19.9. The van der Waals surface area contributed by atoms with Gasteiger partial charge in [-0.3, -0.25) is 29.0 Å². The second-order valence-corrected chi connectivity index (χ2v) is 18.4. The third-order valence-corrected chi connectivity index (χ3v) is 14.5. The topological polar surface area (TPSA) is 93.2 Å². The summed E-state index contributed by atoms with van der Waals surface area (Å²) >= 11 is 0. The number of carbonyl (C=O) groups is 4. The number of fused-ring (bicyclic) bond motifs is 2. The second kappa shape index (κ2) is 13.7. The molecule has 5 aliphatic carbocycles. The minimum absolute atomic E-state index is 0.0186. The van der Waals surface area contributed by atoms with Gasteiger partial charge in [-0.25, -0.2) is 0 Å². The van der Waals surface area contributed by atoms with Gasteiger partial charge in [-0.2, -0.15) is 0 Å². The van der Waals surface area contributed by atoms with Crippen molar-refractivity contribution in [2.24, 2.45) is 52.8 Å². The highest BCUT2D eigenvalue weighted by Gasteiger charge is 2.55. The maximum Gasteiger partial charge on any atom is 0.233 e. The number of hydrogen-bond donors (Lipinski definition) is 0. The van der Waals surface area contributed by atoms with Crippen LogP contribution >= 0.6 is 0 Å². The van der Waals surface area contributed by atoms with Crippen molar-refractivity contribution in [1.82, 2.24) is 9.80 Å². The molecule has 8 heteroatoms.